The lowest BCUT2D eigenvalue weighted by Gasteiger charge is -2.20. The summed E-state index contributed by atoms with van der Waals surface area (Å²) in [6.07, 6.45) is 0.802. The van der Waals surface area contributed by atoms with Crippen molar-refractivity contribution in [3.05, 3.63) is 64.2 Å². The maximum Gasteiger partial charge on any atom is 0.255 e. The van der Waals surface area contributed by atoms with Crippen molar-refractivity contribution in [2.24, 2.45) is 0 Å². The molecule has 0 unspecified atom stereocenters. The van der Waals surface area contributed by atoms with E-state index in [0.29, 0.717) is 33.9 Å². The first-order valence-corrected chi connectivity index (χ1v) is 9.80. The van der Waals surface area contributed by atoms with Crippen molar-refractivity contribution >= 4 is 35.0 Å². The standard InChI is InChI=1S/C22H26ClN3O3/c1-5-12-24-21(29)17-11-10-16(23)13-18(17)25-19(27)14-6-8-15(9-7-14)20(28)26-22(2,3)4/h6-11,13H,5,12H2,1-4H3,(H,24,29)(H,25,27)(H,26,28). The molecular weight excluding hydrogens is 390 g/mol. The second-order valence-electron chi connectivity index (χ2n) is 7.68. The summed E-state index contributed by atoms with van der Waals surface area (Å²) in [7, 11) is 0. The average Bonchev–Trinajstić information content (AvgIpc) is 2.65. The van der Waals surface area contributed by atoms with Crippen LogP contribution in [-0.4, -0.2) is 29.8 Å². The number of carbonyl (C=O) groups is 3. The largest absolute Gasteiger partial charge is 0.352 e. The van der Waals surface area contributed by atoms with E-state index in [4.69, 9.17) is 11.6 Å². The van der Waals surface area contributed by atoms with E-state index in [1.54, 1.807) is 36.4 Å². The van der Waals surface area contributed by atoms with Gasteiger partial charge in [0.1, 0.15) is 0 Å². The molecule has 0 aliphatic rings. The molecule has 0 radical (unpaired) electrons. The van der Waals surface area contributed by atoms with E-state index in [-0.39, 0.29) is 17.4 Å². The molecule has 3 N–H and O–H groups in total. The van der Waals surface area contributed by atoms with Crippen LogP contribution in [-0.2, 0) is 0 Å². The Bertz CT molecular complexity index is 903. The minimum absolute atomic E-state index is 0.214. The van der Waals surface area contributed by atoms with Gasteiger partial charge in [0.25, 0.3) is 17.7 Å². The summed E-state index contributed by atoms with van der Waals surface area (Å²) in [6.45, 7) is 8.17. The Labute approximate surface area is 176 Å². The number of hydrogen-bond donors (Lipinski definition) is 3. The lowest BCUT2D eigenvalue weighted by Crippen LogP contribution is -2.40. The molecule has 6 nitrogen and oxygen atoms in total. The quantitative estimate of drug-likeness (QED) is 0.658. The number of nitrogens with one attached hydrogen (secondary N) is 3. The molecule has 0 aliphatic heterocycles. The topological polar surface area (TPSA) is 87.3 Å². The molecule has 2 aromatic rings. The summed E-state index contributed by atoms with van der Waals surface area (Å²) in [5.41, 5.74) is 1.12. The molecule has 0 aliphatic carbocycles. The highest BCUT2D eigenvalue weighted by molar-refractivity contribution is 6.31. The number of benzene rings is 2. The lowest BCUT2D eigenvalue weighted by atomic mass is 10.1. The maximum absolute atomic E-state index is 12.6. The van der Waals surface area contributed by atoms with E-state index < -0.39 is 5.91 Å². The van der Waals surface area contributed by atoms with Crippen molar-refractivity contribution < 1.29 is 14.4 Å². The molecule has 154 valence electrons. The predicted molar refractivity (Wildman–Crippen MR) is 116 cm³/mol. The van der Waals surface area contributed by atoms with E-state index in [1.165, 1.54) is 6.07 Å². The number of halogens is 1. The van der Waals surface area contributed by atoms with Crippen molar-refractivity contribution in [1.82, 2.24) is 10.6 Å². The molecule has 0 atom stereocenters. The monoisotopic (exact) mass is 415 g/mol. The van der Waals surface area contributed by atoms with E-state index >= 15 is 0 Å². The van der Waals surface area contributed by atoms with Crippen LogP contribution in [0.5, 0.6) is 0 Å². The molecule has 0 fully saturated rings. The Hall–Kier alpha value is -2.86. The Morgan fingerprint density at radius 1 is 0.897 bits per heavy atom. The fraction of sp³-hybridized carbons (Fsp3) is 0.318. The SMILES string of the molecule is CCCNC(=O)c1ccc(Cl)cc1NC(=O)c1ccc(C(=O)NC(C)(C)C)cc1. The molecule has 29 heavy (non-hydrogen) atoms. The number of rotatable bonds is 6. The van der Waals surface area contributed by atoms with E-state index in [2.05, 4.69) is 16.0 Å². The molecule has 2 aromatic carbocycles. The van der Waals surface area contributed by atoms with Gasteiger partial charge >= 0.3 is 0 Å². The van der Waals surface area contributed by atoms with Gasteiger partial charge in [-0.05, 0) is 69.7 Å². The highest BCUT2D eigenvalue weighted by Crippen LogP contribution is 2.22. The minimum Gasteiger partial charge on any atom is -0.352 e. The molecule has 0 heterocycles. The predicted octanol–water partition coefficient (Wildman–Crippen LogP) is 4.26. The van der Waals surface area contributed by atoms with E-state index in [1.807, 2.05) is 27.7 Å². The van der Waals surface area contributed by atoms with Crippen LogP contribution in [0.4, 0.5) is 5.69 Å². The van der Waals surface area contributed by atoms with Gasteiger partial charge in [0.05, 0.1) is 11.3 Å². The van der Waals surface area contributed by atoms with Crippen LogP contribution in [0.25, 0.3) is 0 Å². The Balaban J connectivity index is 2.17. The number of amides is 3. The third-order valence-corrected chi connectivity index (χ3v) is 4.14. The van der Waals surface area contributed by atoms with Crippen molar-refractivity contribution in [1.29, 1.82) is 0 Å². The van der Waals surface area contributed by atoms with Gasteiger partial charge < -0.3 is 16.0 Å². The molecule has 0 aromatic heterocycles. The Morgan fingerprint density at radius 3 is 2.03 bits per heavy atom. The van der Waals surface area contributed by atoms with Crippen LogP contribution >= 0.6 is 11.6 Å². The smallest absolute Gasteiger partial charge is 0.255 e. The van der Waals surface area contributed by atoms with Crippen molar-refractivity contribution in [3.8, 4) is 0 Å². The lowest BCUT2D eigenvalue weighted by molar-refractivity contribution is 0.0916. The Kier molecular flexibility index (Phi) is 7.40. The second kappa shape index (κ2) is 9.56. The number of hydrogen-bond acceptors (Lipinski definition) is 3. The van der Waals surface area contributed by atoms with Crippen LogP contribution in [0.3, 0.4) is 0 Å². The van der Waals surface area contributed by atoms with Gasteiger partial charge in [0, 0.05) is 28.2 Å². The fourth-order valence-corrected chi connectivity index (χ4v) is 2.70. The zero-order valence-electron chi connectivity index (χ0n) is 17.1. The zero-order chi connectivity index (χ0) is 21.6. The molecule has 2 rings (SSSR count). The van der Waals surface area contributed by atoms with Crippen molar-refractivity contribution in [3.63, 3.8) is 0 Å². The molecular formula is C22H26ClN3O3. The summed E-state index contributed by atoms with van der Waals surface area (Å²) in [4.78, 5) is 37.2. The van der Waals surface area contributed by atoms with Gasteiger partial charge in [0.15, 0.2) is 0 Å². The third kappa shape index (κ3) is 6.61. The van der Waals surface area contributed by atoms with Gasteiger partial charge in [0.2, 0.25) is 0 Å². The normalized spacial score (nSPS) is 10.9. The molecule has 7 heteroatoms. The fourth-order valence-electron chi connectivity index (χ4n) is 2.53. The first-order valence-electron chi connectivity index (χ1n) is 9.42. The van der Waals surface area contributed by atoms with E-state index in [0.717, 1.165) is 6.42 Å². The summed E-state index contributed by atoms with van der Waals surface area (Å²) >= 11 is 6.04. The van der Waals surface area contributed by atoms with Gasteiger partial charge in [-0.25, -0.2) is 0 Å². The summed E-state index contributed by atoms with van der Waals surface area (Å²) in [5, 5.41) is 8.78. The van der Waals surface area contributed by atoms with Crippen molar-refractivity contribution in [2.75, 3.05) is 11.9 Å². The third-order valence-electron chi connectivity index (χ3n) is 3.91. The first kappa shape index (κ1) is 22.4. The minimum atomic E-state index is -0.403. The summed E-state index contributed by atoms with van der Waals surface area (Å²) in [5.74, 6) is -0.901. The maximum atomic E-state index is 12.6. The molecule has 0 spiro atoms. The van der Waals surface area contributed by atoms with Gasteiger partial charge in [-0.1, -0.05) is 18.5 Å². The molecule has 0 bridgehead atoms. The van der Waals surface area contributed by atoms with Crippen LogP contribution in [0, 0.1) is 0 Å². The second-order valence-corrected chi connectivity index (χ2v) is 8.12. The van der Waals surface area contributed by atoms with Gasteiger partial charge in [-0.2, -0.15) is 0 Å². The van der Waals surface area contributed by atoms with E-state index in [9.17, 15) is 14.4 Å². The van der Waals surface area contributed by atoms with Crippen molar-refractivity contribution in [2.45, 2.75) is 39.7 Å². The first-order chi connectivity index (χ1) is 13.6. The van der Waals surface area contributed by atoms with Crippen LogP contribution < -0.4 is 16.0 Å². The van der Waals surface area contributed by atoms with Gasteiger partial charge in [-0.15, -0.1) is 0 Å². The Morgan fingerprint density at radius 2 is 1.48 bits per heavy atom. The molecule has 0 saturated carbocycles. The van der Waals surface area contributed by atoms with Crippen LogP contribution in [0.2, 0.25) is 5.02 Å². The summed E-state index contributed by atoms with van der Waals surface area (Å²) < 4.78 is 0. The average molecular weight is 416 g/mol. The summed E-state index contributed by atoms with van der Waals surface area (Å²) in [6, 6.07) is 11.0. The molecule has 0 saturated heterocycles. The highest BCUT2D eigenvalue weighted by Gasteiger charge is 2.17. The number of carbonyl (C=O) groups excluding carboxylic acids is 3. The van der Waals surface area contributed by atoms with Gasteiger partial charge in [-0.3, -0.25) is 14.4 Å². The van der Waals surface area contributed by atoms with Crippen LogP contribution in [0.15, 0.2) is 42.5 Å². The zero-order valence-corrected chi connectivity index (χ0v) is 17.8. The highest BCUT2D eigenvalue weighted by atomic mass is 35.5. The number of anilines is 1. The van der Waals surface area contributed by atoms with Crippen LogP contribution in [0.1, 0.15) is 65.2 Å². The molecule has 3 amide bonds.